The zero-order chi connectivity index (χ0) is 18.8. The summed E-state index contributed by atoms with van der Waals surface area (Å²) in [6.07, 6.45) is 0. The van der Waals surface area contributed by atoms with E-state index in [4.69, 9.17) is 9.47 Å². The van der Waals surface area contributed by atoms with E-state index in [0.717, 1.165) is 22.7 Å². The number of carbonyl (C=O) groups is 1. The van der Waals surface area contributed by atoms with Crippen molar-refractivity contribution in [2.75, 3.05) is 17.4 Å². The second-order valence-electron chi connectivity index (χ2n) is 6.43. The molecule has 138 valence electrons. The van der Waals surface area contributed by atoms with Gasteiger partial charge in [-0.2, -0.15) is 0 Å². The van der Waals surface area contributed by atoms with Gasteiger partial charge in [-0.3, -0.25) is 4.79 Å². The predicted octanol–water partition coefficient (Wildman–Crippen LogP) is 4.99. The number of ether oxygens (including phenoxy) is 2. The molecule has 2 heterocycles. The number of benzene rings is 2. The van der Waals surface area contributed by atoms with E-state index in [1.165, 1.54) is 11.3 Å². The van der Waals surface area contributed by atoms with Gasteiger partial charge in [-0.25, -0.2) is 4.98 Å². The highest BCUT2D eigenvalue weighted by Gasteiger charge is 2.16. The van der Waals surface area contributed by atoms with Crippen LogP contribution in [0.15, 0.2) is 47.8 Å². The molecule has 0 atom stereocenters. The largest absolute Gasteiger partial charge is 0.454 e. The summed E-state index contributed by atoms with van der Waals surface area (Å²) in [6, 6.07) is 13.4. The number of thiazole rings is 1. The number of nitrogens with one attached hydrogen (secondary N) is 2. The lowest BCUT2D eigenvalue weighted by atomic mass is 10.0. The van der Waals surface area contributed by atoms with Gasteiger partial charge in [-0.05, 0) is 29.7 Å². The van der Waals surface area contributed by atoms with Gasteiger partial charge in [-0.1, -0.05) is 32.0 Å². The Hall–Kier alpha value is -3.06. The molecule has 2 aromatic carbocycles. The summed E-state index contributed by atoms with van der Waals surface area (Å²) >= 11 is 1.37. The van der Waals surface area contributed by atoms with Crippen molar-refractivity contribution in [1.82, 2.24) is 4.98 Å². The monoisotopic (exact) mass is 381 g/mol. The first-order chi connectivity index (χ1) is 13.1. The summed E-state index contributed by atoms with van der Waals surface area (Å²) in [5, 5.41) is 8.53. The lowest BCUT2D eigenvalue weighted by molar-refractivity contribution is 0.102. The number of hydrogen-bond acceptors (Lipinski definition) is 6. The molecule has 1 aromatic heterocycles. The Morgan fingerprint density at radius 1 is 1.15 bits per heavy atom. The molecule has 1 aliphatic heterocycles. The molecular weight excluding hydrogens is 362 g/mol. The average molecular weight is 381 g/mol. The molecule has 0 unspecified atom stereocenters. The maximum Gasteiger partial charge on any atom is 0.275 e. The van der Waals surface area contributed by atoms with Crippen molar-refractivity contribution in [2.24, 2.45) is 0 Å². The maximum absolute atomic E-state index is 12.6. The molecule has 6 nitrogen and oxygen atoms in total. The Balaban J connectivity index is 1.47. The van der Waals surface area contributed by atoms with E-state index in [1.54, 1.807) is 5.38 Å². The molecule has 27 heavy (non-hydrogen) atoms. The number of nitrogens with zero attached hydrogens (tertiary/aromatic N) is 1. The fourth-order valence-corrected chi connectivity index (χ4v) is 3.54. The summed E-state index contributed by atoms with van der Waals surface area (Å²) in [5.74, 6) is 1.52. The van der Waals surface area contributed by atoms with E-state index in [-0.39, 0.29) is 12.7 Å². The molecule has 1 amide bonds. The van der Waals surface area contributed by atoms with Crippen molar-refractivity contribution in [1.29, 1.82) is 0 Å². The van der Waals surface area contributed by atoms with Crippen LogP contribution in [0, 0.1) is 0 Å². The summed E-state index contributed by atoms with van der Waals surface area (Å²) in [7, 11) is 0. The fourth-order valence-electron chi connectivity index (χ4n) is 2.83. The highest BCUT2D eigenvalue weighted by atomic mass is 32.1. The minimum absolute atomic E-state index is 0.224. The van der Waals surface area contributed by atoms with Crippen LogP contribution in [-0.4, -0.2) is 17.7 Å². The molecule has 1 aliphatic rings. The van der Waals surface area contributed by atoms with Gasteiger partial charge in [0.25, 0.3) is 5.91 Å². The summed E-state index contributed by atoms with van der Waals surface area (Å²) in [5.41, 5.74) is 3.11. The fraction of sp³-hybridized carbons (Fsp3) is 0.200. The molecule has 0 aliphatic carbocycles. The number of fused-ring (bicyclic) bond motifs is 1. The van der Waals surface area contributed by atoms with E-state index in [0.29, 0.717) is 22.5 Å². The van der Waals surface area contributed by atoms with E-state index in [1.807, 2.05) is 42.5 Å². The SMILES string of the molecule is CC(C)c1ccccc1NC(=O)c1csc(Nc2ccc3c(c2)OCO3)n1. The van der Waals surface area contributed by atoms with Gasteiger partial charge >= 0.3 is 0 Å². The van der Waals surface area contributed by atoms with Crippen molar-refractivity contribution in [2.45, 2.75) is 19.8 Å². The maximum atomic E-state index is 12.6. The van der Waals surface area contributed by atoms with Crippen LogP contribution in [-0.2, 0) is 0 Å². The van der Waals surface area contributed by atoms with Crippen LogP contribution in [0.1, 0.15) is 35.8 Å². The normalized spacial score (nSPS) is 12.3. The van der Waals surface area contributed by atoms with Gasteiger partial charge < -0.3 is 20.1 Å². The first kappa shape index (κ1) is 17.4. The second-order valence-corrected chi connectivity index (χ2v) is 7.29. The molecule has 0 fully saturated rings. The summed E-state index contributed by atoms with van der Waals surface area (Å²) in [6.45, 7) is 4.43. The number of carbonyl (C=O) groups excluding carboxylic acids is 1. The van der Waals surface area contributed by atoms with Crippen LogP contribution in [0.5, 0.6) is 11.5 Å². The number of aromatic nitrogens is 1. The van der Waals surface area contributed by atoms with Gasteiger partial charge in [0.2, 0.25) is 6.79 Å². The summed E-state index contributed by atoms with van der Waals surface area (Å²) < 4.78 is 10.7. The number of rotatable bonds is 5. The van der Waals surface area contributed by atoms with Crippen molar-refractivity contribution in [3.05, 3.63) is 59.1 Å². The zero-order valence-electron chi connectivity index (χ0n) is 15.0. The van der Waals surface area contributed by atoms with Crippen LogP contribution in [0.25, 0.3) is 0 Å². The summed E-state index contributed by atoms with van der Waals surface area (Å²) in [4.78, 5) is 17.0. The number of anilines is 3. The van der Waals surface area contributed by atoms with Crippen molar-refractivity contribution >= 4 is 33.8 Å². The molecule has 0 radical (unpaired) electrons. The highest BCUT2D eigenvalue weighted by Crippen LogP contribution is 2.35. The molecule has 0 bridgehead atoms. The molecule has 0 saturated heterocycles. The predicted molar refractivity (Wildman–Crippen MR) is 106 cm³/mol. The molecule has 2 N–H and O–H groups in total. The number of para-hydroxylation sites is 1. The number of amides is 1. The van der Waals surface area contributed by atoms with Crippen LogP contribution in [0.2, 0.25) is 0 Å². The van der Waals surface area contributed by atoms with Gasteiger partial charge in [0.05, 0.1) is 0 Å². The third kappa shape index (κ3) is 3.73. The minimum Gasteiger partial charge on any atom is -0.454 e. The lowest BCUT2D eigenvalue weighted by Gasteiger charge is -2.12. The Bertz CT molecular complexity index is 984. The van der Waals surface area contributed by atoms with Gasteiger partial charge in [0.1, 0.15) is 5.69 Å². The zero-order valence-corrected chi connectivity index (χ0v) is 15.8. The Labute approximate surface area is 161 Å². The van der Waals surface area contributed by atoms with Crippen LogP contribution >= 0.6 is 11.3 Å². The minimum atomic E-state index is -0.224. The van der Waals surface area contributed by atoms with Gasteiger partial charge in [0.15, 0.2) is 16.6 Å². The van der Waals surface area contributed by atoms with Crippen LogP contribution in [0.3, 0.4) is 0 Å². The van der Waals surface area contributed by atoms with Gasteiger partial charge in [0, 0.05) is 22.8 Å². The average Bonchev–Trinajstić information content (AvgIpc) is 3.31. The van der Waals surface area contributed by atoms with E-state index in [9.17, 15) is 4.79 Å². The van der Waals surface area contributed by atoms with E-state index in [2.05, 4.69) is 29.5 Å². The quantitative estimate of drug-likeness (QED) is 0.651. The van der Waals surface area contributed by atoms with Crippen molar-refractivity contribution < 1.29 is 14.3 Å². The first-order valence-electron chi connectivity index (χ1n) is 8.62. The Morgan fingerprint density at radius 2 is 1.96 bits per heavy atom. The van der Waals surface area contributed by atoms with E-state index >= 15 is 0 Å². The first-order valence-corrected chi connectivity index (χ1v) is 9.50. The standard InChI is InChI=1S/C20H19N3O3S/c1-12(2)14-5-3-4-6-15(14)22-19(24)16-10-27-20(23-16)21-13-7-8-17-18(9-13)26-11-25-17/h3-10,12H,11H2,1-2H3,(H,21,23)(H,22,24). The van der Waals surface area contributed by atoms with Crippen molar-refractivity contribution in [3.63, 3.8) is 0 Å². The smallest absolute Gasteiger partial charge is 0.275 e. The van der Waals surface area contributed by atoms with Crippen LogP contribution in [0.4, 0.5) is 16.5 Å². The third-order valence-electron chi connectivity index (χ3n) is 4.19. The Kier molecular flexibility index (Phi) is 4.68. The highest BCUT2D eigenvalue weighted by molar-refractivity contribution is 7.14. The molecule has 3 aromatic rings. The second kappa shape index (κ2) is 7.28. The lowest BCUT2D eigenvalue weighted by Crippen LogP contribution is -2.14. The van der Waals surface area contributed by atoms with E-state index < -0.39 is 0 Å². The number of hydrogen-bond donors (Lipinski definition) is 2. The molecule has 0 spiro atoms. The van der Waals surface area contributed by atoms with Crippen molar-refractivity contribution in [3.8, 4) is 11.5 Å². The van der Waals surface area contributed by atoms with Gasteiger partial charge in [-0.15, -0.1) is 11.3 Å². The topological polar surface area (TPSA) is 72.5 Å². The molecule has 7 heteroatoms. The Morgan fingerprint density at radius 3 is 2.81 bits per heavy atom. The van der Waals surface area contributed by atoms with Crippen LogP contribution < -0.4 is 20.1 Å². The molecule has 0 saturated carbocycles. The molecule has 4 rings (SSSR count). The third-order valence-corrected chi connectivity index (χ3v) is 4.95. The molecular formula is C20H19N3O3S.